The van der Waals surface area contributed by atoms with Gasteiger partial charge in [0.05, 0.1) is 29.5 Å². The van der Waals surface area contributed by atoms with Crippen LogP contribution in [0.5, 0.6) is 5.75 Å². The maximum atomic E-state index is 13.5. The molecule has 0 bridgehead atoms. The minimum atomic E-state index is -0.551. The lowest BCUT2D eigenvalue weighted by Crippen LogP contribution is -2.39. The minimum absolute atomic E-state index is 0.184. The van der Waals surface area contributed by atoms with E-state index in [4.69, 9.17) is 9.47 Å². The van der Waals surface area contributed by atoms with E-state index in [1.54, 1.807) is 25.5 Å². The van der Waals surface area contributed by atoms with Gasteiger partial charge in [-0.2, -0.15) is 0 Å². The van der Waals surface area contributed by atoms with Gasteiger partial charge in [-0.15, -0.1) is 11.3 Å². The summed E-state index contributed by atoms with van der Waals surface area (Å²) >= 11 is 2.81. The van der Waals surface area contributed by atoms with E-state index in [0.29, 0.717) is 20.6 Å². The van der Waals surface area contributed by atoms with Crippen LogP contribution in [0.2, 0.25) is 0 Å². The zero-order chi connectivity index (χ0) is 22.1. The molecule has 8 heteroatoms. The molecule has 1 aromatic carbocycles. The maximum absolute atomic E-state index is 13.5. The molecule has 0 amide bonds. The lowest BCUT2D eigenvalue weighted by atomic mass is 10.0. The fourth-order valence-electron chi connectivity index (χ4n) is 3.59. The number of aryl methyl sites for hydroxylation is 1. The number of rotatable bonds is 5. The predicted octanol–water partition coefficient (Wildman–Crippen LogP) is 3.18. The van der Waals surface area contributed by atoms with Crippen LogP contribution in [-0.4, -0.2) is 24.3 Å². The summed E-state index contributed by atoms with van der Waals surface area (Å²) < 4.78 is 12.8. The highest BCUT2D eigenvalue weighted by molar-refractivity contribution is 7.10. The monoisotopic (exact) mass is 454 g/mol. The minimum Gasteiger partial charge on any atom is -0.496 e. The Balaban J connectivity index is 1.92. The number of carbonyl (C=O) groups excluding carboxylic acids is 1. The topological polar surface area (TPSA) is 69.9 Å². The molecule has 0 aliphatic carbocycles. The fraction of sp³-hybridized carbons (Fsp3) is 0.261. The molecule has 4 rings (SSSR count). The van der Waals surface area contributed by atoms with E-state index in [1.807, 2.05) is 48.7 Å². The van der Waals surface area contributed by atoms with Crippen molar-refractivity contribution in [1.29, 1.82) is 0 Å². The zero-order valence-electron chi connectivity index (χ0n) is 17.7. The van der Waals surface area contributed by atoms with Crippen molar-refractivity contribution in [1.82, 2.24) is 4.57 Å². The van der Waals surface area contributed by atoms with Gasteiger partial charge in [-0.05, 0) is 55.5 Å². The number of allylic oxidation sites excluding steroid dienone is 1. The van der Waals surface area contributed by atoms with Crippen molar-refractivity contribution in [2.24, 2.45) is 4.99 Å². The molecular formula is C23H22N2O4S2. The van der Waals surface area contributed by atoms with E-state index in [2.05, 4.69) is 4.99 Å². The second kappa shape index (κ2) is 8.64. The average molecular weight is 455 g/mol. The number of carbonyl (C=O) groups is 1. The normalized spacial score (nSPS) is 16.1. The maximum Gasteiger partial charge on any atom is 0.338 e. The van der Waals surface area contributed by atoms with Gasteiger partial charge in [-0.1, -0.05) is 29.5 Å². The molecule has 0 fully saturated rings. The Morgan fingerprint density at radius 1 is 1.29 bits per heavy atom. The third kappa shape index (κ3) is 3.88. The molecule has 1 aliphatic heterocycles. The Morgan fingerprint density at radius 2 is 2.10 bits per heavy atom. The molecule has 0 radical (unpaired) electrons. The smallest absolute Gasteiger partial charge is 0.338 e. The van der Waals surface area contributed by atoms with Crippen LogP contribution in [-0.2, 0) is 9.53 Å². The Labute approximate surface area is 187 Å². The highest BCUT2D eigenvalue weighted by Crippen LogP contribution is 2.33. The average Bonchev–Trinajstić information content (AvgIpc) is 3.37. The van der Waals surface area contributed by atoms with Crippen molar-refractivity contribution >= 4 is 34.7 Å². The molecule has 3 heterocycles. The second-order valence-electron chi connectivity index (χ2n) is 7.05. The van der Waals surface area contributed by atoms with Crippen molar-refractivity contribution < 1.29 is 14.3 Å². The van der Waals surface area contributed by atoms with Crippen LogP contribution in [0.1, 0.15) is 35.9 Å². The molecule has 1 aliphatic rings. The van der Waals surface area contributed by atoms with Gasteiger partial charge in [0.1, 0.15) is 11.8 Å². The summed E-state index contributed by atoms with van der Waals surface area (Å²) in [7, 11) is 1.63. The van der Waals surface area contributed by atoms with Gasteiger partial charge in [0.25, 0.3) is 5.56 Å². The Hall–Kier alpha value is -2.97. The largest absolute Gasteiger partial charge is 0.496 e. The van der Waals surface area contributed by atoms with E-state index >= 15 is 0 Å². The summed E-state index contributed by atoms with van der Waals surface area (Å²) in [5.41, 5.74) is 2.67. The number of thiophene rings is 1. The number of esters is 1. The molecule has 31 heavy (non-hydrogen) atoms. The number of fused-ring (bicyclic) bond motifs is 1. The number of hydrogen-bond acceptors (Lipinski definition) is 7. The molecule has 0 N–H and O–H groups in total. The summed E-state index contributed by atoms with van der Waals surface area (Å²) in [5, 5.41) is 1.93. The first-order valence-electron chi connectivity index (χ1n) is 9.82. The molecular weight excluding hydrogens is 432 g/mol. The standard InChI is InChI=1S/C23H22N2O4S2/c1-5-29-22(27)19-14(3)24-23-25(20(19)17-7-6-10-30-17)21(26)18(31-23)12-15-9-8-13(2)16(11-15)28-4/h6-12,20H,5H2,1-4H3/b18-12+. The number of ether oxygens (including phenoxy) is 2. The molecule has 6 nitrogen and oxygen atoms in total. The lowest BCUT2D eigenvalue weighted by Gasteiger charge is -2.23. The third-order valence-electron chi connectivity index (χ3n) is 5.06. The van der Waals surface area contributed by atoms with Gasteiger partial charge in [0.15, 0.2) is 4.80 Å². The third-order valence-corrected chi connectivity index (χ3v) is 6.97. The molecule has 0 spiro atoms. The van der Waals surface area contributed by atoms with Crippen LogP contribution >= 0.6 is 22.7 Å². The van der Waals surface area contributed by atoms with Gasteiger partial charge in [-0.25, -0.2) is 9.79 Å². The summed E-state index contributed by atoms with van der Waals surface area (Å²) in [4.78, 5) is 32.3. The predicted molar refractivity (Wildman–Crippen MR) is 122 cm³/mol. The van der Waals surface area contributed by atoms with E-state index in [1.165, 1.54) is 22.7 Å². The first-order valence-corrected chi connectivity index (χ1v) is 11.5. The lowest BCUT2D eigenvalue weighted by molar-refractivity contribution is -0.139. The van der Waals surface area contributed by atoms with Crippen molar-refractivity contribution in [2.75, 3.05) is 13.7 Å². The van der Waals surface area contributed by atoms with E-state index in [0.717, 1.165) is 21.8 Å². The summed E-state index contributed by atoms with van der Waals surface area (Å²) in [6, 6.07) is 9.09. The van der Waals surface area contributed by atoms with E-state index < -0.39 is 12.0 Å². The summed E-state index contributed by atoms with van der Waals surface area (Å²) in [6.07, 6.45) is 1.83. The Bertz CT molecular complexity index is 1350. The second-order valence-corrected chi connectivity index (χ2v) is 9.04. The number of benzene rings is 1. The van der Waals surface area contributed by atoms with Crippen molar-refractivity contribution in [3.8, 4) is 5.75 Å². The molecule has 1 unspecified atom stereocenters. The number of nitrogens with zero attached hydrogens (tertiary/aromatic N) is 2. The fourth-order valence-corrected chi connectivity index (χ4v) is 5.46. The van der Waals surface area contributed by atoms with Gasteiger partial charge < -0.3 is 9.47 Å². The Kier molecular flexibility index (Phi) is 5.93. The Morgan fingerprint density at radius 3 is 2.77 bits per heavy atom. The number of hydrogen-bond donors (Lipinski definition) is 0. The van der Waals surface area contributed by atoms with Gasteiger partial charge in [-0.3, -0.25) is 9.36 Å². The van der Waals surface area contributed by atoms with Crippen molar-refractivity contribution in [3.05, 3.63) is 82.7 Å². The van der Waals surface area contributed by atoms with Crippen LogP contribution in [0, 0.1) is 6.92 Å². The number of thiazole rings is 1. The molecule has 1 atom stereocenters. The molecule has 0 saturated heterocycles. The van der Waals surface area contributed by atoms with Crippen LogP contribution in [0.15, 0.2) is 56.8 Å². The van der Waals surface area contributed by atoms with Gasteiger partial charge >= 0.3 is 5.97 Å². The quantitative estimate of drug-likeness (QED) is 0.556. The van der Waals surface area contributed by atoms with Gasteiger partial charge in [0.2, 0.25) is 0 Å². The van der Waals surface area contributed by atoms with Crippen LogP contribution < -0.4 is 19.6 Å². The number of aromatic nitrogens is 1. The van der Waals surface area contributed by atoms with Crippen molar-refractivity contribution in [2.45, 2.75) is 26.8 Å². The van der Waals surface area contributed by atoms with Crippen molar-refractivity contribution in [3.63, 3.8) is 0 Å². The highest BCUT2D eigenvalue weighted by atomic mass is 32.1. The van der Waals surface area contributed by atoms with Gasteiger partial charge in [0, 0.05) is 4.88 Å². The summed E-state index contributed by atoms with van der Waals surface area (Å²) in [5.74, 6) is 0.318. The van der Waals surface area contributed by atoms with Crippen LogP contribution in [0.25, 0.3) is 6.08 Å². The first-order chi connectivity index (χ1) is 14.9. The first kappa shape index (κ1) is 21.3. The zero-order valence-corrected chi connectivity index (χ0v) is 19.3. The summed E-state index contributed by atoms with van der Waals surface area (Å²) in [6.45, 7) is 5.78. The van der Waals surface area contributed by atoms with Crippen LogP contribution in [0.3, 0.4) is 0 Å². The van der Waals surface area contributed by atoms with E-state index in [9.17, 15) is 9.59 Å². The molecule has 160 valence electrons. The molecule has 2 aromatic heterocycles. The SMILES string of the molecule is CCOC(=O)C1=C(C)N=c2s/c(=C/c3ccc(C)c(OC)c3)c(=O)n2C1c1cccs1. The molecule has 3 aromatic rings. The molecule has 0 saturated carbocycles. The number of methoxy groups -OCH3 is 1. The van der Waals surface area contributed by atoms with E-state index in [-0.39, 0.29) is 12.2 Å². The van der Waals surface area contributed by atoms with Crippen LogP contribution in [0.4, 0.5) is 0 Å². The highest BCUT2D eigenvalue weighted by Gasteiger charge is 2.33.